The fraction of sp³-hybridized carbons (Fsp3) is 0.143. The smallest absolute Gasteiger partial charge is 0.399 e. The van der Waals surface area contributed by atoms with E-state index in [1.807, 2.05) is 50.2 Å². The average molecular weight is 345 g/mol. The maximum atomic E-state index is 12.5. The van der Waals surface area contributed by atoms with Gasteiger partial charge in [0.15, 0.2) is 0 Å². The highest BCUT2D eigenvalue weighted by Gasteiger charge is 2.19. The number of nitrogens with zero attached hydrogens (tertiary/aromatic N) is 2. The van der Waals surface area contributed by atoms with Crippen LogP contribution in [0.1, 0.15) is 24.1 Å². The first-order chi connectivity index (χ1) is 12.5. The van der Waals surface area contributed by atoms with Crippen molar-refractivity contribution in [3.63, 3.8) is 0 Å². The van der Waals surface area contributed by atoms with E-state index in [-0.39, 0.29) is 11.9 Å². The topological polar surface area (TPSA) is 74.0 Å². The number of aromatic nitrogens is 2. The van der Waals surface area contributed by atoms with E-state index in [1.54, 1.807) is 6.07 Å². The number of fused-ring (bicyclic) bond motifs is 1. The minimum atomic E-state index is -0.484. The number of aryl methyl sites for hydroxylation is 1. The van der Waals surface area contributed by atoms with Crippen LogP contribution in [-0.4, -0.2) is 9.78 Å². The molecule has 0 aliphatic rings. The Bertz CT molecular complexity index is 1150. The SMILES string of the molecule is Cc1ccc(N)cc1-c1nn(C(C)c2cccc3ccccc23)c(=O)o1. The molecule has 1 aromatic heterocycles. The molecular formula is C21H19N3O2. The first-order valence-electron chi connectivity index (χ1n) is 8.48. The van der Waals surface area contributed by atoms with Crippen LogP contribution in [0.15, 0.2) is 69.9 Å². The summed E-state index contributed by atoms with van der Waals surface area (Å²) < 4.78 is 6.82. The average Bonchev–Trinajstić information content (AvgIpc) is 3.04. The highest BCUT2D eigenvalue weighted by molar-refractivity contribution is 5.86. The molecule has 0 amide bonds. The fourth-order valence-electron chi connectivity index (χ4n) is 3.26. The van der Waals surface area contributed by atoms with Crippen molar-refractivity contribution >= 4 is 16.5 Å². The Kier molecular flexibility index (Phi) is 3.84. The van der Waals surface area contributed by atoms with Crippen LogP contribution in [0.2, 0.25) is 0 Å². The van der Waals surface area contributed by atoms with Crippen LogP contribution in [0.25, 0.3) is 22.2 Å². The molecule has 5 heteroatoms. The van der Waals surface area contributed by atoms with Crippen LogP contribution in [-0.2, 0) is 0 Å². The van der Waals surface area contributed by atoms with Crippen molar-refractivity contribution in [1.82, 2.24) is 9.78 Å². The first-order valence-corrected chi connectivity index (χ1v) is 8.48. The zero-order valence-electron chi connectivity index (χ0n) is 14.6. The number of nitrogens with two attached hydrogens (primary N) is 1. The zero-order chi connectivity index (χ0) is 18.3. The summed E-state index contributed by atoms with van der Waals surface area (Å²) in [7, 11) is 0. The first kappa shape index (κ1) is 16.1. The monoisotopic (exact) mass is 345 g/mol. The molecule has 0 saturated carbocycles. The van der Waals surface area contributed by atoms with Gasteiger partial charge in [-0.25, -0.2) is 4.79 Å². The van der Waals surface area contributed by atoms with Crippen molar-refractivity contribution in [3.05, 3.63) is 82.3 Å². The van der Waals surface area contributed by atoms with Crippen LogP contribution in [0, 0.1) is 6.92 Å². The van der Waals surface area contributed by atoms with E-state index in [9.17, 15) is 4.79 Å². The number of nitrogen functional groups attached to an aromatic ring is 1. The van der Waals surface area contributed by atoms with E-state index in [0.717, 1.165) is 27.5 Å². The molecule has 0 aliphatic heterocycles. The third-order valence-corrected chi connectivity index (χ3v) is 4.70. The van der Waals surface area contributed by atoms with E-state index in [2.05, 4.69) is 23.3 Å². The van der Waals surface area contributed by atoms with Crippen molar-refractivity contribution in [2.75, 3.05) is 5.73 Å². The molecule has 3 aromatic carbocycles. The van der Waals surface area contributed by atoms with E-state index in [1.165, 1.54) is 4.68 Å². The van der Waals surface area contributed by atoms with Crippen LogP contribution < -0.4 is 11.5 Å². The largest absolute Gasteiger partial charge is 0.437 e. The third kappa shape index (κ3) is 2.67. The van der Waals surface area contributed by atoms with E-state index in [4.69, 9.17) is 10.2 Å². The lowest BCUT2D eigenvalue weighted by Gasteiger charge is -2.13. The van der Waals surface area contributed by atoms with Gasteiger partial charge in [-0.3, -0.25) is 0 Å². The Labute approximate surface area is 150 Å². The summed E-state index contributed by atoms with van der Waals surface area (Å²) in [5.74, 6) is -0.200. The number of rotatable bonds is 3. The Morgan fingerprint density at radius 2 is 1.85 bits per heavy atom. The van der Waals surface area contributed by atoms with Crippen LogP contribution in [0.5, 0.6) is 0 Å². The summed E-state index contributed by atoms with van der Waals surface area (Å²) in [4.78, 5) is 12.5. The van der Waals surface area contributed by atoms with Gasteiger partial charge >= 0.3 is 5.76 Å². The van der Waals surface area contributed by atoms with Crippen LogP contribution in [0.4, 0.5) is 5.69 Å². The van der Waals surface area contributed by atoms with Crippen molar-refractivity contribution in [2.45, 2.75) is 19.9 Å². The number of hydrogen-bond acceptors (Lipinski definition) is 4. The molecule has 1 unspecified atom stereocenters. The predicted octanol–water partition coefficient (Wildman–Crippen LogP) is 4.16. The summed E-state index contributed by atoms with van der Waals surface area (Å²) in [5, 5.41) is 6.67. The van der Waals surface area contributed by atoms with Gasteiger partial charge in [-0.1, -0.05) is 48.5 Å². The van der Waals surface area contributed by atoms with E-state index >= 15 is 0 Å². The molecule has 0 bridgehead atoms. The number of benzene rings is 3. The van der Waals surface area contributed by atoms with Crippen molar-refractivity contribution in [3.8, 4) is 11.5 Å². The standard InChI is InChI=1S/C21H19N3O2/c1-13-10-11-16(22)12-19(13)20-23-24(21(25)26-20)14(2)17-9-5-7-15-6-3-4-8-18(15)17/h3-12,14H,22H2,1-2H3. The summed E-state index contributed by atoms with van der Waals surface area (Å²) in [6.45, 7) is 3.88. The van der Waals surface area contributed by atoms with E-state index in [0.29, 0.717) is 5.69 Å². The van der Waals surface area contributed by atoms with Gasteiger partial charge in [0.25, 0.3) is 0 Å². The molecule has 1 heterocycles. The second-order valence-electron chi connectivity index (χ2n) is 6.44. The molecule has 1 atom stereocenters. The highest BCUT2D eigenvalue weighted by atomic mass is 16.4. The van der Waals surface area contributed by atoms with Gasteiger partial charge in [0, 0.05) is 11.3 Å². The quantitative estimate of drug-likeness (QED) is 0.566. The third-order valence-electron chi connectivity index (χ3n) is 4.70. The second-order valence-corrected chi connectivity index (χ2v) is 6.44. The Morgan fingerprint density at radius 3 is 2.69 bits per heavy atom. The molecule has 5 nitrogen and oxygen atoms in total. The summed E-state index contributed by atoms with van der Waals surface area (Å²) >= 11 is 0. The highest BCUT2D eigenvalue weighted by Crippen LogP contribution is 2.27. The maximum Gasteiger partial charge on any atom is 0.437 e. The number of anilines is 1. The molecule has 2 N–H and O–H groups in total. The summed E-state index contributed by atoms with van der Waals surface area (Å²) in [5.41, 5.74) is 9.17. The summed E-state index contributed by atoms with van der Waals surface area (Å²) in [6.07, 6.45) is 0. The van der Waals surface area contributed by atoms with Gasteiger partial charge < -0.3 is 10.2 Å². The zero-order valence-corrected chi connectivity index (χ0v) is 14.6. The van der Waals surface area contributed by atoms with Crippen molar-refractivity contribution in [2.24, 2.45) is 0 Å². The molecule has 0 radical (unpaired) electrons. The van der Waals surface area contributed by atoms with Gasteiger partial charge in [-0.05, 0) is 47.9 Å². The molecule has 4 aromatic rings. The minimum Gasteiger partial charge on any atom is -0.399 e. The van der Waals surface area contributed by atoms with Gasteiger partial charge in [0.1, 0.15) is 0 Å². The second kappa shape index (κ2) is 6.19. The Morgan fingerprint density at radius 1 is 1.08 bits per heavy atom. The molecule has 4 rings (SSSR count). The van der Waals surface area contributed by atoms with Gasteiger partial charge in [-0.2, -0.15) is 4.68 Å². The molecule has 0 spiro atoms. The van der Waals surface area contributed by atoms with E-state index < -0.39 is 5.76 Å². The van der Waals surface area contributed by atoms with Gasteiger partial charge in [0.05, 0.1) is 6.04 Å². The maximum absolute atomic E-state index is 12.5. The van der Waals surface area contributed by atoms with Crippen LogP contribution in [0.3, 0.4) is 0 Å². The molecule has 0 aliphatic carbocycles. The normalized spacial score (nSPS) is 12.4. The van der Waals surface area contributed by atoms with Crippen LogP contribution >= 0.6 is 0 Å². The molecule has 130 valence electrons. The lowest BCUT2D eigenvalue weighted by atomic mass is 10.00. The Balaban J connectivity index is 1.82. The van der Waals surface area contributed by atoms with Crippen molar-refractivity contribution in [1.29, 1.82) is 0 Å². The molecule has 0 saturated heterocycles. The predicted molar refractivity (Wildman–Crippen MR) is 103 cm³/mol. The molecule has 26 heavy (non-hydrogen) atoms. The molecular weight excluding hydrogens is 326 g/mol. The van der Waals surface area contributed by atoms with Crippen molar-refractivity contribution < 1.29 is 4.42 Å². The lowest BCUT2D eigenvalue weighted by molar-refractivity contribution is 0.464. The lowest BCUT2D eigenvalue weighted by Crippen LogP contribution is -2.21. The summed E-state index contributed by atoms with van der Waals surface area (Å²) in [6, 6.07) is 19.4. The number of hydrogen-bond donors (Lipinski definition) is 1. The van der Waals surface area contributed by atoms with Gasteiger partial charge in [0.2, 0.25) is 5.89 Å². The fourth-order valence-corrected chi connectivity index (χ4v) is 3.26. The Hall–Kier alpha value is -3.34. The minimum absolute atomic E-state index is 0.257. The molecule has 0 fully saturated rings. The van der Waals surface area contributed by atoms with Gasteiger partial charge in [-0.15, -0.1) is 5.10 Å².